The number of benzene rings is 1. The number of hydrogen-bond donors (Lipinski definition) is 1. The van der Waals surface area contributed by atoms with Crippen LogP contribution < -0.4 is 5.32 Å². The Balaban J connectivity index is 1.73. The minimum absolute atomic E-state index is 0.254. The van der Waals surface area contributed by atoms with Crippen LogP contribution in [-0.2, 0) is 11.2 Å². The minimum atomic E-state index is 0.254. The second-order valence-electron chi connectivity index (χ2n) is 5.46. The number of carbonyl (C=O) groups excluding carboxylic acids is 1. The highest BCUT2D eigenvalue weighted by molar-refractivity contribution is 5.78. The van der Waals surface area contributed by atoms with Crippen LogP contribution in [0.4, 0.5) is 0 Å². The number of nitrogens with zero attached hydrogens (tertiary/aromatic N) is 2. The highest BCUT2D eigenvalue weighted by atomic mass is 16.2. The molecule has 0 unspecified atom stereocenters. The summed E-state index contributed by atoms with van der Waals surface area (Å²) < 4.78 is 0. The number of nitrogens with one attached hydrogen (secondary N) is 1. The summed E-state index contributed by atoms with van der Waals surface area (Å²) in [5, 5.41) is 3.32. The van der Waals surface area contributed by atoms with Gasteiger partial charge in [-0.2, -0.15) is 0 Å². The van der Waals surface area contributed by atoms with Crippen LogP contribution in [0.15, 0.2) is 30.3 Å². The maximum Gasteiger partial charge on any atom is 0.236 e. The summed E-state index contributed by atoms with van der Waals surface area (Å²) in [6.07, 6.45) is 2.05. The summed E-state index contributed by atoms with van der Waals surface area (Å²) in [6.45, 7) is 5.10. The number of hydrogen-bond acceptors (Lipinski definition) is 3. The van der Waals surface area contributed by atoms with Gasteiger partial charge in [0.15, 0.2) is 0 Å². The van der Waals surface area contributed by atoms with E-state index in [-0.39, 0.29) is 5.91 Å². The van der Waals surface area contributed by atoms with E-state index in [2.05, 4.69) is 34.5 Å². The first-order valence-corrected chi connectivity index (χ1v) is 7.46. The zero-order valence-corrected chi connectivity index (χ0v) is 12.3. The van der Waals surface area contributed by atoms with Gasteiger partial charge in [0.1, 0.15) is 0 Å². The van der Waals surface area contributed by atoms with Crippen LogP contribution in [0.25, 0.3) is 0 Å². The predicted molar refractivity (Wildman–Crippen MR) is 81.7 cm³/mol. The van der Waals surface area contributed by atoms with Crippen molar-refractivity contribution >= 4 is 5.91 Å². The van der Waals surface area contributed by atoms with Crippen LogP contribution >= 0.6 is 0 Å². The molecule has 20 heavy (non-hydrogen) atoms. The van der Waals surface area contributed by atoms with Gasteiger partial charge in [-0.3, -0.25) is 9.69 Å². The summed E-state index contributed by atoms with van der Waals surface area (Å²) in [5.41, 5.74) is 1.32. The van der Waals surface area contributed by atoms with Gasteiger partial charge >= 0.3 is 0 Å². The number of carbonyl (C=O) groups is 1. The Morgan fingerprint density at radius 1 is 1.25 bits per heavy atom. The second-order valence-corrected chi connectivity index (χ2v) is 5.46. The summed E-state index contributed by atoms with van der Waals surface area (Å²) in [4.78, 5) is 16.3. The van der Waals surface area contributed by atoms with Crippen molar-refractivity contribution in [1.29, 1.82) is 0 Å². The first-order chi connectivity index (χ1) is 9.75. The molecule has 110 valence electrons. The molecule has 1 aliphatic heterocycles. The first kappa shape index (κ1) is 15.0. The van der Waals surface area contributed by atoms with Crippen molar-refractivity contribution < 1.29 is 4.79 Å². The lowest BCUT2D eigenvalue weighted by atomic mass is 10.1. The molecule has 0 radical (unpaired) electrons. The van der Waals surface area contributed by atoms with Crippen LogP contribution in [0.2, 0.25) is 0 Å². The zero-order valence-electron chi connectivity index (χ0n) is 12.3. The van der Waals surface area contributed by atoms with Crippen molar-refractivity contribution in [2.75, 3.05) is 46.3 Å². The van der Waals surface area contributed by atoms with E-state index in [0.29, 0.717) is 6.54 Å². The molecule has 2 rings (SSSR count). The molecule has 0 spiro atoms. The third-order valence-corrected chi connectivity index (χ3v) is 3.72. The lowest BCUT2D eigenvalue weighted by Crippen LogP contribution is -2.41. The van der Waals surface area contributed by atoms with Crippen molar-refractivity contribution in [2.45, 2.75) is 12.8 Å². The number of amides is 1. The van der Waals surface area contributed by atoms with Gasteiger partial charge in [0.05, 0.1) is 6.54 Å². The van der Waals surface area contributed by atoms with Gasteiger partial charge in [-0.25, -0.2) is 0 Å². The van der Waals surface area contributed by atoms with Gasteiger partial charge in [-0.05, 0) is 32.0 Å². The van der Waals surface area contributed by atoms with Crippen molar-refractivity contribution in [3.8, 4) is 0 Å². The summed E-state index contributed by atoms with van der Waals surface area (Å²) in [6, 6.07) is 10.4. The Hall–Kier alpha value is -1.39. The topological polar surface area (TPSA) is 35.6 Å². The van der Waals surface area contributed by atoms with Gasteiger partial charge in [0.2, 0.25) is 5.91 Å². The highest BCUT2D eigenvalue weighted by Gasteiger charge is 2.16. The fourth-order valence-electron chi connectivity index (χ4n) is 2.47. The maximum atomic E-state index is 12.2. The summed E-state index contributed by atoms with van der Waals surface area (Å²) >= 11 is 0. The van der Waals surface area contributed by atoms with Crippen molar-refractivity contribution in [3.63, 3.8) is 0 Å². The van der Waals surface area contributed by atoms with Crippen molar-refractivity contribution in [2.24, 2.45) is 0 Å². The molecule has 4 nitrogen and oxygen atoms in total. The van der Waals surface area contributed by atoms with E-state index in [0.717, 1.165) is 45.6 Å². The predicted octanol–water partition coefficient (Wildman–Crippen LogP) is 0.983. The third kappa shape index (κ3) is 4.94. The Bertz CT molecular complexity index is 399. The first-order valence-electron chi connectivity index (χ1n) is 7.46. The Morgan fingerprint density at radius 2 is 2.05 bits per heavy atom. The molecule has 1 fully saturated rings. The molecular weight excluding hydrogens is 250 g/mol. The van der Waals surface area contributed by atoms with Gasteiger partial charge in [0.25, 0.3) is 0 Å². The Labute approximate surface area is 121 Å². The van der Waals surface area contributed by atoms with Crippen LogP contribution in [0.1, 0.15) is 12.0 Å². The molecular formula is C16H25N3O. The van der Waals surface area contributed by atoms with E-state index in [1.54, 1.807) is 0 Å². The molecule has 1 aromatic carbocycles. The molecule has 0 aliphatic carbocycles. The van der Waals surface area contributed by atoms with E-state index in [4.69, 9.17) is 0 Å². The van der Waals surface area contributed by atoms with Gasteiger partial charge in [-0.15, -0.1) is 0 Å². The molecule has 4 heteroatoms. The SMILES string of the molecule is CN(CCc1ccccc1)CC(=O)N1CCCNCC1. The Kier molecular flexibility index (Phi) is 6.02. The molecule has 0 bridgehead atoms. The average Bonchev–Trinajstić information content (AvgIpc) is 2.75. The summed E-state index contributed by atoms with van der Waals surface area (Å²) in [5.74, 6) is 0.254. The third-order valence-electron chi connectivity index (χ3n) is 3.72. The Morgan fingerprint density at radius 3 is 2.85 bits per heavy atom. The van der Waals surface area contributed by atoms with E-state index in [1.807, 2.05) is 18.0 Å². The lowest BCUT2D eigenvalue weighted by Gasteiger charge is -2.23. The van der Waals surface area contributed by atoms with Crippen LogP contribution in [-0.4, -0.2) is 62.0 Å². The highest BCUT2D eigenvalue weighted by Crippen LogP contribution is 2.02. The monoisotopic (exact) mass is 275 g/mol. The molecule has 0 atom stereocenters. The van der Waals surface area contributed by atoms with Gasteiger partial charge in [-0.1, -0.05) is 30.3 Å². The lowest BCUT2D eigenvalue weighted by molar-refractivity contribution is -0.131. The van der Waals surface area contributed by atoms with Gasteiger partial charge in [0, 0.05) is 26.2 Å². The molecule has 0 aromatic heterocycles. The van der Waals surface area contributed by atoms with E-state index in [9.17, 15) is 4.79 Å². The minimum Gasteiger partial charge on any atom is -0.340 e. The number of likely N-dealkylation sites (N-methyl/N-ethyl adjacent to an activating group) is 1. The van der Waals surface area contributed by atoms with Crippen LogP contribution in [0, 0.1) is 0 Å². The van der Waals surface area contributed by atoms with E-state index < -0.39 is 0 Å². The van der Waals surface area contributed by atoms with Crippen molar-refractivity contribution in [3.05, 3.63) is 35.9 Å². The maximum absolute atomic E-state index is 12.2. The normalized spacial score (nSPS) is 16.2. The number of rotatable bonds is 5. The molecule has 1 saturated heterocycles. The quantitative estimate of drug-likeness (QED) is 0.870. The van der Waals surface area contributed by atoms with Crippen LogP contribution in [0.3, 0.4) is 0 Å². The fraction of sp³-hybridized carbons (Fsp3) is 0.562. The fourth-order valence-corrected chi connectivity index (χ4v) is 2.47. The average molecular weight is 275 g/mol. The largest absolute Gasteiger partial charge is 0.340 e. The second kappa shape index (κ2) is 8.02. The molecule has 1 N–H and O–H groups in total. The van der Waals surface area contributed by atoms with E-state index >= 15 is 0 Å². The smallest absolute Gasteiger partial charge is 0.236 e. The van der Waals surface area contributed by atoms with Gasteiger partial charge < -0.3 is 10.2 Å². The summed E-state index contributed by atoms with van der Waals surface area (Å²) in [7, 11) is 2.02. The van der Waals surface area contributed by atoms with Crippen molar-refractivity contribution in [1.82, 2.24) is 15.1 Å². The molecule has 1 heterocycles. The molecule has 1 amide bonds. The molecule has 1 aliphatic rings. The zero-order chi connectivity index (χ0) is 14.2. The molecule has 0 saturated carbocycles. The standard InChI is InChI=1S/C16H25N3O/c1-18(12-8-15-6-3-2-4-7-15)14-16(20)19-11-5-9-17-10-13-19/h2-4,6-7,17H,5,8-14H2,1H3. The van der Waals surface area contributed by atoms with Crippen LogP contribution in [0.5, 0.6) is 0 Å². The van der Waals surface area contributed by atoms with E-state index in [1.165, 1.54) is 5.56 Å². The molecule has 1 aromatic rings.